The highest BCUT2D eigenvalue weighted by molar-refractivity contribution is 5.99. The zero-order valence-corrected chi connectivity index (χ0v) is 39.5. The van der Waals surface area contributed by atoms with Gasteiger partial charge in [0.1, 0.15) is 0 Å². The topological polar surface area (TPSA) is 6.48 Å². The molecule has 2 nitrogen and oxygen atoms in total. The molecule has 0 aliphatic heterocycles. The van der Waals surface area contributed by atoms with Crippen LogP contribution < -0.4 is 9.80 Å². The van der Waals surface area contributed by atoms with Crippen molar-refractivity contribution in [1.29, 1.82) is 0 Å². The molecular formula is C68H54N2. The maximum atomic E-state index is 2.57. The average Bonchev–Trinajstić information content (AvgIpc) is 4.24. The van der Waals surface area contributed by atoms with Crippen molar-refractivity contribution in [2.75, 3.05) is 9.80 Å². The molecule has 0 heterocycles. The lowest BCUT2D eigenvalue weighted by Gasteiger charge is -2.31. The molecule has 2 fully saturated rings. The highest BCUT2D eigenvalue weighted by Crippen LogP contribution is 2.60. The minimum absolute atomic E-state index is 0.0892. The van der Waals surface area contributed by atoms with Crippen LogP contribution in [0.4, 0.5) is 34.1 Å². The Morgan fingerprint density at radius 3 is 1.17 bits per heavy atom. The summed E-state index contributed by atoms with van der Waals surface area (Å²) in [6.45, 7) is 0. The molecular weight excluding hydrogens is 845 g/mol. The number of benzene rings is 10. The summed E-state index contributed by atoms with van der Waals surface area (Å²) >= 11 is 0. The fraction of sp³-hybridized carbons (Fsp3) is 0.147. The standard InChI is InChI=1S/C68H54N2/c1-2-15-47(16-3-1)48-27-33-53(34-28-48)70(66-24-14-18-51-17-4-5-19-57(51)66)54-35-29-50(30-36-54)49-25-31-52(32-26-49)69(55-37-39-60-58-20-6-8-22-62(58)67(64(60)45-55)41-10-11-42-67)56-38-40-61-59-21-7-9-23-63(59)68(65(61)46-56)43-12-13-44-68/h1-9,14-40,45-46H,10-13,41-44H2. The van der Waals surface area contributed by atoms with E-state index in [0.717, 1.165) is 17.1 Å². The van der Waals surface area contributed by atoms with Crippen molar-refractivity contribution in [3.05, 3.63) is 253 Å². The average molecular weight is 899 g/mol. The maximum Gasteiger partial charge on any atom is 0.0540 e. The quantitative estimate of drug-likeness (QED) is 0.150. The van der Waals surface area contributed by atoms with E-state index in [-0.39, 0.29) is 10.8 Å². The van der Waals surface area contributed by atoms with Gasteiger partial charge in [-0.2, -0.15) is 0 Å². The predicted molar refractivity (Wildman–Crippen MR) is 294 cm³/mol. The van der Waals surface area contributed by atoms with E-state index in [0.29, 0.717) is 0 Å². The Hall–Kier alpha value is -7.94. The smallest absolute Gasteiger partial charge is 0.0540 e. The zero-order chi connectivity index (χ0) is 46.2. The molecule has 0 amide bonds. The summed E-state index contributed by atoms with van der Waals surface area (Å²) in [5, 5.41) is 2.45. The summed E-state index contributed by atoms with van der Waals surface area (Å²) < 4.78 is 0. The summed E-state index contributed by atoms with van der Waals surface area (Å²) in [5.41, 5.74) is 23.8. The van der Waals surface area contributed by atoms with E-state index in [1.807, 2.05) is 0 Å². The Bertz CT molecular complexity index is 3470. The van der Waals surface area contributed by atoms with Crippen LogP contribution in [0.1, 0.15) is 73.6 Å². The molecule has 0 atom stereocenters. The maximum absolute atomic E-state index is 2.57. The van der Waals surface area contributed by atoms with Gasteiger partial charge in [-0.3, -0.25) is 0 Å². The molecule has 14 rings (SSSR count). The molecule has 0 radical (unpaired) electrons. The minimum atomic E-state index is 0.0892. The highest BCUT2D eigenvalue weighted by Gasteiger charge is 2.46. The second-order valence-corrected chi connectivity index (χ2v) is 20.3. The lowest BCUT2D eigenvalue weighted by Crippen LogP contribution is -2.22. The molecule has 0 saturated heterocycles. The van der Waals surface area contributed by atoms with Crippen molar-refractivity contribution in [1.82, 2.24) is 0 Å². The van der Waals surface area contributed by atoms with Crippen molar-refractivity contribution in [3.63, 3.8) is 0 Å². The van der Waals surface area contributed by atoms with Crippen LogP contribution in [0.15, 0.2) is 231 Å². The van der Waals surface area contributed by atoms with Gasteiger partial charge in [0.15, 0.2) is 0 Å². The van der Waals surface area contributed by atoms with Gasteiger partial charge in [0.05, 0.1) is 5.69 Å². The molecule has 336 valence electrons. The fourth-order valence-corrected chi connectivity index (χ4v) is 13.5. The van der Waals surface area contributed by atoms with E-state index >= 15 is 0 Å². The fourth-order valence-electron chi connectivity index (χ4n) is 13.5. The second kappa shape index (κ2) is 16.4. The number of nitrogens with zero attached hydrogens (tertiary/aromatic N) is 2. The highest BCUT2D eigenvalue weighted by atomic mass is 15.1. The van der Waals surface area contributed by atoms with E-state index < -0.39 is 0 Å². The van der Waals surface area contributed by atoms with Gasteiger partial charge < -0.3 is 9.80 Å². The Morgan fingerprint density at radius 1 is 0.271 bits per heavy atom. The first kappa shape index (κ1) is 41.1. The van der Waals surface area contributed by atoms with Crippen molar-refractivity contribution in [3.8, 4) is 44.5 Å². The van der Waals surface area contributed by atoms with E-state index in [4.69, 9.17) is 0 Å². The van der Waals surface area contributed by atoms with Gasteiger partial charge in [-0.15, -0.1) is 0 Å². The largest absolute Gasteiger partial charge is 0.310 e. The number of hydrogen-bond acceptors (Lipinski definition) is 2. The van der Waals surface area contributed by atoms with Crippen LogP contribution in [0.3, 0.4) is 0 Å². The Balaban J connectivity index is 0.853. The minimum Gasteiger partial charge on any atom is -0.310 e. The lowest BCUT2D eigenvalue weighted by atomic mass is 9.76. The first-order chi connectivity index (χ1) is 34.6. The van der Waals surface area contributed by atoms with Gasteiger partial charge in [-0.25, -0.2) is 0 Å². The van der Waals surface area contributed by atoms with Crippen LogP contribution in [-0.2, 0) is 10.8 Å². The van der Waals surface area contributed by atoms with Gasteiger partial charge in [0.2, 0.25) is 0 Å². The Kier molecular flexibility index (Phi) is 9.59. The van der Waals surface area contributed by atoms with Crippen LogP contribution in [-0.4, -0.2) is 0 Å². The van der Waals surface area contributed by atoms with Gasteiger partial charge in [0.25, 0.3) is 0 Å². The van der Waals surface area contributed by atoms with Crippen LogP contribution >= 0.6 is 0 Å². The first-order valence-corrected chi connectivity index (χ1v) is 25.6. The predicted octanol–water partition coefficient (Wildman–Crippen LogP) is 18.8. The van der Waals surface area contributed by atoms with Crippen molar-refractivity contribution in [2.24, 2.45) is 0 Å². The summed E-state index contributed by atoms with van der Waals surface area (Å²) in [5.74, 6) is 0. The summed E-state index contributed by atoms with van der Waals surface area (Å²) in [7, 11) is 0. The van der Waals surface area contributed by atoms with Gasteiger partial charge in [-0.05, 0) is 165 Å². The van der Waals surface area contributed by atoms with Crippen molar-refractivity contribution < 1.29 is 0 Å². The number of fused-ring (bicyclic) bond motifs is 11. The summed E-state index contributed by atoms with van der Waals surface area (Å²) in [4.78, 5) is 4.95. The third-order valence-electron chi connectivity index (χ3n) is 16.8. The number of anilines is 6. The van der Waals surface area contributed by atoms with E-state index in [2.05, 4.69) is 240 Å². The molecule has 2 heteroatoms. The van der Waals surface area contributed by atoms with E-state index in [1.165, 1.54) is 146 Å². The molecule has 0 aromatic heterocycles. The molecule has 4 aliphatic rings. The molecule has 2 saturated carbocycles. The Labute approximate surface area is 412 Å². The second-order valence-electron chi connectivity index (χ2n) is 20.3. The molecule has 10 aromatic rings. The van der Waals surface area contributed by atoms with Crippen LogP contribution in [0.5, 0.6) is 0 Å². The van der Waals surface area contributed by atoms with Gasteiger partial charge in [-0.1, -0.05) is 189 Å². The number of hydrogen-bond donors (Lipinski definition) is 0. The normalized spacial score (nSPS) is 15.5. The lowest BCUT2D eigenvalue weighted by molar-refractivity contribution is 0.549. The molecule has 0 unspecified atom stereocenters. The molecule has 2 spiro atoms. The SMILES string of the molecule is c1ccc(-c2ccc(N(c3ccc(-c4ccc(N(c5ccc6c(c5)C5(CCCC5)c5ccccc5-6)c5ccc6c(c5)C5(CCCC5)c5ccccc5-6)cc4)cc3)c3cccc4ccccc34)cc2)cc1. The summed E-state index contributed by atoms with van der Waals surface area (Å²) in [6, 6.07) is 86.7. The number of rotatable bonds is 8. The first-order valence-electron chi connectivity index (χ1n) is 25.6. The van der Waals surface area contributed by atoms with Crippen LogP contribution in [0.2, 0.25) is 0 Å². The Morgan fingerprint density at radius 2 is 0.657 bits per heavy atom. The van der Waals surface area contributed by atoms with Crippen molar-refractivity contribution in [2.45, 2.75) is 62.2 Å². The zero-order valence-electron chi connectivity index (χ0n) is 39.5. The monoisotopic (exact) mass is 898 g/mol. The van der Waals surface area contributed by atoms with E-state index in [1.54, 1.807) is 0 Å². The molecule has 0 bridgehead atoms. The third kappa shape index (κ3) is 6.39. The summed E-state index contributed by atoms with van der Waals surface area (Å²) in [6.07, 6.45) is 9.98. The van der Waals surface area contributed by atoms with Gasteiger partial charge in [0, 0.05) is 44.7 Å². The van der Waals surface area contributed by atoms with E-state index in [9.17, 15) is 0 Å². The molecule has 0 N–H and O–H groups in total. The van der Waals surface area contributed by atoms with Gasteiger partial charge >= 0.3 is 0 Å². The molecule has 10 aromatic carbocycles. The van der Waals surface area contributed by atoms with Crippen LogP contribution in [0, 0.1) is 0 Å². The van der Waals surface area contributed by atoms with Crippen molar-refractivity contribution >= 4 is 44.9 Å². The molecule has 70 heavy (non-hydrogen) atoms. The molecule has 4 aliphatic carbocycles. The third-order valence-corrected chi connectivity index (χ3v) is 16.8. The van der Waals surface area contributed by atoms with Crippen LogP contribution in [0.25, 0.3) is 55.3 Å².